The first-order valence-corrected chi connectivity index (χ1v) is 7.03. The fraction of sp³-hybridized carbons (Fsp3) is 0.533. The van der Waals surface area contributed by atoms with Crippen LogP contribution in [-0.2, 0) is 0 Å². The maximum absolute atomic E-state index is 11.9. The van der Waals surface area contributed by atoms with Crippen molar-refractivity contribution in [1.82, 2.24) is 10.6 Å². The van der Waals surface area contributed by atoms with Crippen LogP contribution >= 0.6 is 0 Å². The Kier molecular flexibility index (Phi) is 4.80. The van der Waals surface area contributed by atoms with Gasteiger partial charge >= 0.3 is 0 Å². The molecule has 1 aromatic carbocycles. The fourth-order valence-electron chi connectivity index (χ4n) is 2.31. The number of hydrogen-bond acceptors (Lipinski definition) is 3. The first-order valence-electron chi connectivity index (χ1n) is 7.03. The van der Waals surface area contributed by atoms with Gasteiger partial charge in [-0.1, -0.05) is 6.07 Å². The van der Waals surface area contributed by atoms with Crippen LogP contribution in [-0.4, -0.2) is 31.1 Å². The molecule has 1 aromatic rings. The number of rotatable bonds is 4. The van der Waals surface area contributed by atoms with E-state index in [4.69, 9.17) is 0 Å². The van der Waals surface area contributed by atoms with Crippen molar-refractivity contribution in [1.29, 1.82) is 0 Å². The number of benzene rings is 1. The van der Waals surface area contributed by atoms with Crippen molar-refractivity contribution < 1.29 is 4.79 Å². The van der Waals surface area contributed by atoms with Gasteiger partial charge in [0.15, 0.2) is 0 Å². The summed E-state index contributed by atoms with van der Waals surface area (Å²) in [5.41, 5.74) is 1.73. The van der Waals surface area contributed by atoms with Gasteiger partial charge in [-0.25, -0.2) is 0 Å². The average molecular weight is 261 g/mol. The van der Waals surface area contributed by atoms with E-state index in [0.29, 0.717) is 11.6 Å². The van der Waals surface area contributed by atoms with Gasteiger partial charge in [-0.2, -0.15) is 0 Å². The Morgan fingerprint density at radius 1 is 1.42 bits per heavy atom. The molecule has 0 bridgehead atoms. The molecule has 1 aliphatic rings. The maximum atomic E-state index is 11.9. The van der Waals surface area contributed by atoms with Crippen LogP contribution in [0.25, 0.3) is 0 Å². The Hall–Kier alpha value is -1.55. The van der Waals surface area contributed by atoms with Crippen LogP contribution < -0.4 is 16.0 Å². The molecule has 19 heavy (non-hydrogen) atoms. The van der Waals surface area contributed by atoms with Crippen molar-refractivity contribution in [3.63, 3.8) is 0 Å². The topological polar surface area (TPSA) is 53.2 Å². The number of anilines is 1. The molecule has 3 N–H and O–H groups in total. The number of nitrogens with one attached hydrogen (secondary N) is 3. The van der Waals surface area contributed by atoms with E-state index in [1.54, 1.807) is 0 Å². The predicted molar refractivity (Wildman–Crippen MR) is 78.6 cm³/mol. The quantitative estimate of drug-likeness (QED) is 0.777. The molecule has 4 nitrogen and oxygen atoms in total. The second-order valence-corrected chi connectivity index (χ2v) is 5.40. The van der Waals surface area contributed by atoms with Gasteiger partial charge in [-0.15, -0.1) is 0 Å². The molecule has 1 saturated heterocycles. The third kappa shape index (κ3) is 4.24. The molecule has 0 spiro atoms. The van der Waals surface area contributed by atoms with Crippen LogP contribution in [0.3, 0.4) is 0 Å². The summed E-state index contributed by atoms with van der Waals surface area (Å²) in [4.78, 5) is 11.9. The standard InChI is InChI=1S/C15H23N3O/c1-11(2)17-15(19)12-5-3-6-13(9-12)18-14-7-4-8-16-10-14/h3,5-6,9,11,14,16,18H,4,7-8,10H2,1-2H3,(H,17,19). The Bertz CT molecular complexity index is 425. The highest BCUT2D eigenvalue weighted by molar-refractivity contribution is 5.95. The lowest BCUT2D eigenvalue weighted by Gasteiger charge is -2.25. The number of carbonyl (C=O) groups excluding carboxylic acids is 1. The van der Waals surface area contributed by atoms with Gasteiger partial charge in [-0.05, 0) is 51.4 Å². The summed E-state index contributed by atoms with van der Waals surface area (Å²) in [7, 11) is 0. The van der Waals surface area contributed by atoms with E-state index >= 15 is 0 Å². The Morgan fingerprint density at radius 2 is 2.26 bits per heavy atom. The summed E-state index contributed by atoms with van der Waals surface area (Å²) < 4.78 is 0. The van der Waals surface area contributed by atoms with Crippen molar-refractivity contribution in [2.24, 2.45) is 0 Å². The molecule has 1 aliphatic heterocycles. The van der Waals surface area contributed by atoms with Gasteiger partial charge in [0.1, 0.15) is 0 Å². The molecule has 1 unspecified atom stereocenters. The molecule has 0 aliphatic carbocycles. The van der Waals surface area contributed by atoms with Gasteiger partial charge in [0.05, 0.1) is 0 Å². The van der Waals surface area contributed by atoms with Crippen LogP contribution in [0, 0.1) is 0 Å². The van der Waals surface area contributed by atoms with Crippen molar-refractivity contribution in [2.45, 2.75) is 38.8 Å². The summed E-state index contributed by atoms with van der Waals surface area (Å²) in [6.07, 6.45) is 2.38. The molecule has 1 amide bonds. The van der Waals surface area contributed by atoms with Crippen LogP contribution in [0.15, 0.2) is 24.3 Å². The lowest BCUT2D eigenvalue weighted by atomic mass is 10.1. The molecule has 1 heterocycles. The summed E-state index contributed by atoms with van der Waals surface area (Å²) in [6, 6.07) is 8.33. The van der Waals surface area contributed by atoms with Gasteiger partial charge in [0.25, 0.3) is 5.91 Å². The number of hydrogen-bond donors (Lipinski definition) is 3. The highest BCUT2D eigenvalue weighted by Gasteiger charge is 2.13. The van der Waals surface area contributed by atoms with Crippen LogP contribution in [0.5, 0.6) is 0 Å². The SMILES string of the molecule is CC(C)NC(=O)c1cccc(NC2CCCNC2)c1. The Morgan fingerprint density at radius 3 is 2.95 bits per heavy atom. The summed E-state index contributed by atoms with van der Waals surface area (Å²) in [5, 5.41) is 9.77. The molecular formula is C15H23N3O. The van der Waals surface area contributed by atoms with E-state index in [1.807, 2.05) is 38.1 Å². The minimum Gasteiger partial charge on any atom is -0.381 e. The minimum atomic E-state index is -0.0135. The van der Waals surface area contributed by atoms with E-state index in [1.165, 1.54) is 12.8 Å². The van der Waals surface area contributed by atoms with Gasteiger partial charge in [-0.3, -0.25) is 4.79 Å². The van der Waals surface area contributed by atoms with E-state index in [-0.39, 0.29) is 11.9 Å². The van der Waals surface area contributed by atoms with Crippen molar-refractivity contribution in [3.05, 3.63) is 29.8 Å². The average Bonchev–Trinajstić information content (AvgIpc) is 2.39. The molecule has 1 atom stereocenters. The minimum absolute atomic E-state index is 0.0135. The highest BCUT2D eigenvalue weighted by Crippen LogP contribution is 2.14. The number of piperidine rings is 1. The van der Waals surface area contributed by atoms with Crippen LogP contribution in [0.4, 0.5) is 5.69 Å². The summed E-state index contributed by atoms with van der Waals surface area (Å²) >= 11 is 0. The van der Waals surface area contributed by atoms with E-state index in [9.17, 15) is 4.79 Å². The third-order valence-electron chi connectivity index (χ3n) is 3.21. The summed E-state index contributed by atoms with van der Waals surface area (Å²) in [5.74, 6) is -0.0135. The van der Waals surface area contributed by atoms with Crippen LogP contribution in [0.1, 0.15) is 37.0 Å². The Balaban J connectivity index is 1.99. The fourth-order valence-corrected chi connectivity index (χ4v) is 2.31. The van der Waals surface area contributed by atoms with Crippen molar-refractivity contribution in [3.8, 4) is 0 Å². The molecule has 0 radical (unpaired) electrons. The zero-order valence-electron chi connectivity index (χ0n) is 11.7. The lowest BCUT2D eigenvalue weighted by Crippen LogP contribution is -2.38. The van der Waals surface area contributed by atoms with E-state index in [2.05, 4.69) is 16.0 Å². The third-order valence-corrected chi connectivity index (χ3v) is 3.21. The van der Waals surface area contributed by atoms with E-state index in [0.717, 1.165) is 18.8 Å². The molecule has 0 saturated carbocycles. The van der Waals surface area contributed by atoms with Gasteiger partial charge in [0, 0.05) is 29.9 Å². The predicted octanol–water partition coefficient (Wildman–Crippen LogP) is 1.99. The monoisotopic (exact) mass is 261 g/mol. The molecular weight excluding hydrogens is 238 g/mol. The first kappa shape index (κ1) is 13.9. The van der Waals surface area contributed by atoms with E-state index < -0.39 is 0 Å². The molecule has 0 aromatic heterocycles. The Labute approximate surface area is 115 Å². The smallest absolute Gasteiger partial charge is 0.251 e. The largest absolute Gasteiger partial charge is 0.381 e. The normalized spacial score (nSPS) is 19.2. The van der Waals surface area contributed by atoms with Gasteiger partial charge in [0.2, 0.25) is 0 Å². The maximum Gasteiger partial charge on any atom is 0.251 e. The first-order chi connectivity index (χ1) is 9.15. The highest BCUT2D eigenvalue weighted by atomic mass is 16.1. The molecule has 4 heteroatoms. The number of carbonyl (C=O) groups is 1. The zero-order chi connectivity index (χ0) is 13.7. The second-order valence-electron chi connectivity index (χ2n) is 5.40. The lowest BCUT2D eigenvalue weighted by molar-refractivity contribution is 0.0943. The molecule has 104 valence electrons. The second kappa shape index (κ2) is 6.57. The molecule has 1 fully saturated rings. The van der Waals surface area contributed by atoms with Crippen molar-refractivity contribution >= 4 is 11.6 Å². The van der Waals surface area contributed by atoms with Crippen LogP contribution in [0.2, 0.25) is 0 Å². The summed E-state index contributed by atoms with van der Waals surface area (Å²) in [6.45, 7) is 6.03. The van der Waals surface area contributed by atoms with Crippen molar-refractivity contribution in [2.75, 3.05) is 18.4 Å². The van der Waals surface area contributed by atoms with Gasteiger partial charge < -0.3 is 16.0 Å². The number of amides is 1. The molecule has 2 rings (SSSR count). The zero-order valence-corrected chi connectivity index (χ0v) is 11.7.